The molecule has 3 aromatic rings. The molecule has 20 heavy (non-hydrogen) atoms. The first-order valence-corrected chi connectivity index (χ1v) is 7.59. The highest BCUT2D eigenvalue weighted by Gasteiger charge is 2.14. The zero-order valence-electron chi connectivity index (χ0n) is 11.7. The SMILES string of the molecule is CC(C)n1cc(CC(N)c2nc3ccccc3s2)cn1. The Labute approximate surface area is 122 Å². The highest BCUT2D eigenvalue weighted by atomic mass is 32.1. The molecule has 2 aromatic heterocycles. The van der Waals surface area contributed by atoms with Crippen LogP contribution in [0, 0.1) is 0 Å². The monoisotopic (exact) mass is 286 g/mol. The zero-order valence-corrected chi connectivity index (χ0v) is 12.5. The lowest BCUT2D eigenvalue weighted by Gasteiger charge is -2.06. The smallest absolute Gasteiger partial charge is 0.111 e. The average molecular weight is 286 g/mol. The van der Waals surface area contributed by atoms with E-state index in [4.69, 9.17) is 5.73 Å². The summed E-state index contributed by atoms with van der Waals surface area (Å²) in [6.45, 7) is 4.23. The number of benzene rings is 1. The third-order valence-corrected chi connectivity index (χ3v) is 4.44. The van der Waals surface area contributed by atoms with E-state index in [9.17, 15) is 0 Å². The van der Waals surface area contributed by atoms with Crippen molar-refractivity contribution in [1.29, 1.82) is 0 Å². The van der Waals surface area contributed by atoms with Crippen molar-refractivity contribution in [2.24, 2.45) is 5.73 Å². The van der Waals surface area contributed by atoms with Crippen LogP contribution < -0.4 is 5.73 Å². The van der Waals surface area contributed by atoms with E-state index >= 15 is 0 Å². The second-order valence-corrected chi connectivity index (χ2v) is 6.32. The van der Waals surface area contributed by atoms with Crippen LogP contribution in [0.3, 0.4) is 0 Å². The van der Waals surface area contributed by atoms with Gasteiger partial charge in [-0.1, -0.05) is 12.1 Å². The largest absolute Gasteiger partial charge is 0.322 e. The molecule has 2 heterocycles. The molecule has 2 N–H and O–H groups in total. The summed E-state index contributed by atoms with van der Waals surface area (Å²) in [6, 6.07) is 8.45. The van der Waals surface area contributed by atoms with Gasteiger partial charge in [0.15, 0.2) is 0 Å². The number of nitrogens with zero attached hydrogens (tertiary/aromatic N) is 3. The van der Waals surface area contributed by atoms with Crippen LogP contribution in [0.15, 0.2) is 36.7 Å². The van der Waals surface area contributed by atoms with Gasteiger partial charge >= 0.3 is 0 Å². The number of hydrogen-bond donors (Lipinski definition) is 1. The van der Waals surface area contributed by atoms with Gasteiger partial charge in [0.05, 0.1) is 22.5 Å². The van der Waals surface area contributed by atoms with Gasteiger partial charge in [-0.05, 0) is 38.0 Å². The summed E-state index contributed by atoms with van der Waals surface area (Å²) in [6.07, 6.45) is 4.73. The van der Waals surface area contributed by atoms with Gasteiger partial charge in [0.25, 0.3) is 0 Å². The lowest BCUT2D eigenvalue weighted by Crippen LogP contribution is -2.12. The predicted molar refractivity (Wildman–Crippen MR) is 82.9 cm³/mol. The number of para-hydroxylation sites is 1. The third-order valence-electron chi connectivity index (χ3n) is 3.27. The number of thiazole rings is 1. The molecule has 0 aliphatic rings. The Balaban J connectivity index is 1.79. The fourth-order valence-corrected chi connectivity index (χ4v) is 3.12. The second kappa shape index (κ2) is 5.34. The highest BCUT2D eigenvalue weighted by molar-refractivity contribution is 7.18. The van der Waals surface area contributed by atoms with Gasteiger partial charge in [-0.2, -0.15) is 5.10 Å². The van der Waals surface area contributed by atoms with Gasteiger partial charge in [-0.25, -0.2) is 4.98 Å². The Kier molecular flexibility index (Phi) is 3.54. The average Bonchev–Trinajstić information content (AvgIpc) is 3.04. The Morgan fingerprint density at radius 3 is 2.80 bits per heavy atom. The number of nitrogens with two attached hydrogens (primary N) is 1. The molecule has 0 aliphatic heterocycles. The number of aromatic nitrogens is 3. The molecule has 0 saturated heterocycles. The fraction of sp³-hybridized carbons (Fsp3) is 0.333. The third kappa shape index (κ3) is 2.59. The van der Waals surface area contributed by atoms with Gasteiger partial charge in [0.2, 0.25) is 0 Å². The van der Waals surface area contributed by atoms with Crippen LogP contribution in [-0.4, -0.2) is 14.8 Å². The molecule has 0 amide bonds. The highest BCUT2D eigenvalue weighted by Crippen LogP contribution is 2.26. The molecule has 0 spiro atoms. The normalized spacial score (nSPS) is 13.2. The topological polar surface area (TPSA) is 56.7 Å². The molecule has 1 atom stereocenters. The molecule has 4 nitrogen and oxygen atoms in total. The van der Waals surface area contributed by atoms with Crippen LogP contribution in [0.4, 0.5) is 0 Å². The van der Waals surface area contributed by atoms with E-state index in [-0.39, 0.29) is 6.04 Å². The molecule has 5 heteroatoms. The minimum Gasteiger partial charge on any atom is -0.322 e. The molecule has 0 aliphatic carbocycles. The van der Waals surface area contributed by atoms with Gasteiger partial charge in [0, 0.05) is 12.2 Å². The van der Waals surface area contributed by atoms with E-state index in [1.54, 1.807) is 11.3 Å². The molecule has 0 radical (unpaired) electrons. The molecule has 0 bridgehead atoms. The minimum atomic E-state index is -0.0720. The maximum atomic E-state index is 6.29. The Bertz CT molecular complexity index is 680. The van der Waals surface area contributed by atoms with Crippen molar-refractivity contribution in [2.75, 3.05) is 0 Å². The van der Waals surface area contributed by atoms with E-state index in [1.807, 2.05) is 29.1 Å². The maximum absolute atomic E-state index is 6.29. The van der Waals surface area contributed by atoms with E-state index < -0.39 is 0 Å². The first-order valence-electron chi connectivity index (χ1n) is 6.77. The van der Waals surface area contributed by atoms with Crippen LogP contribution in [0.5, 0.6) is 0 Å². The minimum absolute atomic E-state index is 0.0720. The van der Waals surface area contributed by atoms with Crippen molar-refractivity contribution < 1.29 is 0 Å². The zero-order chi connectivity index (χ0) is 14.1. The Hall–Kier alpha value is -1.72. The first kappa shape index (κ1) is 13.3. The molecule has 0 fully saturated rings. The number of rotatable bonds is 4. The second-order valence-electron chi connectivity index (χ2n) is 5.25. The molecule has 1 unspecified atom stereocenters. The standard InChI is InChI=1S/C15H18N4S/c1-10(2)19-9-11(8-17-19)7-12(16)15-18-13-5-3-4-6-14(13)20-15/h3-6,8-10,12H,7,16H2,1-2H3. The van der Waals surface area contributed by atoms with Crippen LogP contribution in [0.2, 0.25) is 0 Å². The van der Waals surface area contributed by atoms with Crippen molar-refractivity contribution >= 4 is 21.6 Å². The molecule has 1 aromatic carbocycles. The molecular formula is C15H18N4S. The van der Waals surface area contributed by atoms with Crippen molar-refractivity contribution in [3.63, 3.8) is 0 Å². The van der Waals surface area contributed by atoms with Crippen LogP contribution in [0.25, 0.3) is 10.2 Å². The van der Waals surface area contributed by atoms with E-state index in [1.165, 1.54) is 4.70 Å². The number of fused-ring (bicyclic) bond motifs is 1. The van der Waals surface area contributed by atoms with E-state index in [2.05, 4.69) is 36.2 Å². The summed E-state index contributed by atoms with van der Waals surface area (Å²) in [5.74, 6) is 0. The lowest BCUT2D eigenvalue weighted by atomic mass is 10.1. The van der Waals surface area contributed by atoms with Gasteiger partial charge in [0.1, 0.15) is 5.01 Å². The summed E-state index contributed by atoms with van der Waals surface area (Å²) in [5, 5.41) is 5.34. The summed E-state index contributed by atoms with van der Waals surface area (Å²) in [4.78, 5) is 4.62. The Morgan fingerprint density at radius 2 is 2.10 bits per heavy atom. The molecular weight excluding hydrogens is 268 g/mol. The lowest BCUT2D eigenvalue weighted by molar-refractivity contribution is 0.531. The maximum Gasteiger partial charge on any atom is 0.111 e. The van der Waals surface area contributed by atoms with E-state index in [0.29, 0.717) is 6.04 Å². The quantitative estimate of drug-likeness (QED) is 0.800. The summed E-state index contributed by atoms with van der Waals surface area (Å²) >= 11 is 1.67. The van der Waals surface area contributed by atoms with Crippen molar-refractivity contribution in [2.45, 2.75) is 32.4 Å². The van der Waals surface area contributed by atoms with Crippen molar-refractivity contribution in [1.82, 2.24) is 14.8 Å². The first-order chi connectivity index (χ1) is 9.63. The summed E-state index contributed by atoms with van der Waals surface area (Å²) in [7, 11) is 0. The number of hydrogen-bond acceptors (Lipinski definition) is 4. The van der Waals surface area contributed by atoms with Crippen LogP contribution in [-0.2, 0) is 6.42 Å². The molecule has 104 valence electrons. The van der Waals surface area contributed by atoms with Gasteiger partial charge in [-0.3, -0.25) is 4.68 Å². The fourth-order valence-electron chi connectivity index (χ4n) is 2.16. The van der Waals surface area contributed by atoms with E-state index in [0.717, 1.165) is 22.5 Å². The van der Waals surface area contributed by atoms with Gasteiger partial charge < -0.3 is 5.73 Å². The Morgan fingerprint density at radius 1 is 1.30 bits per heavy atom. The van der Waals surface area contributed by atoms with Crippen LogP contribution >= 0.6 is 11.3 Å². The summed E-state index contributed by atoms with van der Waals surface area (Å²) < 4.78 is 3.15. The van der Waals surface area contributed by atoms with Crippen molar-refractivity contribution in [3.05, 3.63) is 47.2 Å². The van der Waals surface area contributed by atoms with Crippen LogP contribution in [0.1, 0.15) is 36.5 Å². The summed E-state index contributed by atoms with van der Waals surface area (Å²) in [5.41, 5.74) is 8.47. The predicted octanol–water partition coefficient (Wildman–Crippen LogP) is 3.32. The van der Waals surface area contributed by atoms with Gasteiger partial charge in [-0.15, -0.1) is 11.3 Å². The molecule has 0 saturated carbocycles. The van der Waals surface area contributed by atoms with Crippen molar-refractivity contribution in [3.8, 4) is 0 Å². The molecule has 3 rings (SSSR count).